The second kappa shape index (κ2) is 8.64. The first-order valence-corrected chi connectivity index (χ1v) is 9.55. The summed E-state index contributed by atoms with van der Waals surface area (Å²) in [6, 6.07) is 10.8. The van der Waals surface area contributed by atoms with Crippen molar-refractivity contribution in [3.8, 4) is 0 Å². The van der Waals surface area contributed by atoms with Gasteiger partial charge in [-0.05, 0) is 17.9 Å². The van der Waals surface area contributed by atoms with Crippen LogP contribution in [-0.2, 0) is 16.1 Å². The first-order valence-electron chi connectivity index (χ1n) is 9.55. The summed E-state index contributed by atoms with van der Waals surface area (Å²) in [5.74, 6) is 0.484. The molecule has 1 aromatic carbocycles. The molecule has 0 aliphatic carbocycles. The fourth-order valence-electron chi connectivity index (χ4n) is 4.05. The zero-order valence-electron chi connectivity index (χ0n) is 15.9. The maximum Gasteiger partial charge on any atom is 0.242 e. The summed E-state index contributed by atoms with van der Waals surface area (Å²) in [6.07, 6.45) is 0.978. The number of likely N-dealkylation sites (N-methyl/N-ethyl adjacent to an activating group) is 1. The topological polar surface area (TPSA) is 55.9 Å². The van der Waals surface area contributed by atoms with E-state index in [4.69, 9.17) is 0 Å². The van der Waals surface area contributed by atoms with E-state index >= 15 is 0 Å². The third kappa shape index (κ3) is 4.62. The van der Waals surface area contributed by atoms with Crippen molar-refractivity contribution in [2.75, 3.05) is 46.3 Å². The Morgan fingerprint density at radius 2 is 2.04 bits per heavy atom. The number of carbonyl (C=O) groups is 2. The van der Waals surface area contributed by atoms with Crippen molar-refractivity contribution < 1.29 is 9.59 Å². The molecule has 0 aromatic heterocycles. The van der Waals surface area contributed by atoms with E-state index in [0.717, 1.165) is 32.6 Å². The molecular weight excluding hydrogens is 328 g/mol. The highest BCUT2D eigenvalue weighted by Gasteiger charge is 2.32. The van der Waals surface area contributed by atoms with Crippen LogP contribution in [0.25, 0.3) is 0 Å². The van der Waals surface area contributed by atoms with Crippen LogP contribution >= 0.6 is 0 Å². The van der Waals surface area contributed by atoms with Gasteiger partial charge >= 0.3 is 0 Å². The zero-order valence-corrected chi connectivity index (χ0v) is 15.9. The van der Waals surface area contributed by atoms with Crippen molar-refractivity contribution in [1.82, 2.24) is 20.0 Å². The number of piperidine rings is 1. The largest absolute Gasteiger partial charge is 0.341 e. The minimum absolute atomic E-state index is 0.0173. The van der Waals surface area contributed by atoms with Gasteiger partial charge in [0.2, 0.25) is 11.8 Å². The second-order valence-corrected chi connectivity index (χ2v) is 7.55. The maximum absolute atomic E-state index is 12.7. The standard InChI is InChI=1S/C20H30N4O2/c1-16-13-23(14-17-6-4-3-5-7-17)10-8-18(16)22(2)20(26)15-24-11-9-21-12-19(24)25/h3-7,16,18,21H,8-15H2,1-2H3/t16-,18-/m1/s1. The van der Waals surface area contributed by atoms with Crippen LogP contribution in [0.5, 0.6) is 0 Å². The van der Waals surface area contributed by atoms with Gasteiger partial charge in [-0.1, -0.05) is 37.3 Å². The molecule has 0 bridgehead atoms. The van der Waals surface area contributed by atoms with Crippen LogP contribution in [0.3, 0.4) is 0 Å². The van der Waals surface area contributed by atoms with Gasteiger partial charge < -0.3 is 15.1 Å². The normalized spacial score (nSPS) is 24.5. The van der Waals surface area contributed by atoms with Gasteiger partial charge in [0.15, 0.2) is 0 Å². The molecule has 142 valence electrons. The van der Waals surface area contributed by atoms with Gasteiger partial charge in [-0.15, -0.1) is 0 Å². The van der Waals surface area contributed by atoms with Gasteiger partial charge in [0.1, 0.15) is 0 Å². The predicted octanol–water partition coefficient (Wildman–Crippen LogP) is 0.787. The summed E-state index contributed by atoms with van der Waals surface area (Å²) in [5, 5.41) is 3.04. The highest BCUT2D eigenvalue weighted by atomic mass is 16.2. The van der Waals surface area contributed by atoms with Crippen LogP contribution in [0.1, 0.15) is 18.9 Å². The van der Waals surface area contributed by atoms with Gasteiger partial charge in [-0.2, -0.15) is 0 Å². The molecular formula is C20H30N4O2. The Balaban J connectivity index is 1.51. The monoisotopic (exact) mass is 358 g/mol. The average Bonchev–Trinajstić information content (AvgIpc) is 2.64. The summed E-state index contributed by atoms with van der Waals surface area (Å²) < 4.78 is 0. The van der Waals surface area contributed by atoms with E-state index in [-0.39, 0.29) is 24.4 Å². The lowest BCUT2D eigenvalue weighted by molar-refractivity contribution is -0.142. The van der Waals surface area contributed by atoms with Gasteiger partial charge in [0.05, 0.1) is 13.1 Å². The van der Waals surface area contributed by atoms with Crippen LogP contribution < -0.4 is 5.32 Å². The lowest BCUT2D eigenvalue weighted by atomic mass is 9.92. The van der Waals surface area contributed by atoms with Crippen LogP contribution in [0.15, 0.2) is 30.3 Å². The van der Waals surface area contributed by atoms with E-state index in [1.54, 1.807) is 4.90 Å². The summed E-state index contributed by atoms with van der Waals surface area (Å²) in [4.78, 5) is 30.6. The molecule has 1 N–H and O–H groups in total. The van der Waals surface area contributed by atoms with Gasteiger partial charge in [0.25, 0.3) is 0 Å². The number of amides is 2. The molecule has 26 heavy (non-hydrogen) atoms. The number of hydrogen-bond donors (Lipinski definition) is 1. The molecule has 6 heteroatoms. The summed E-state index contributed by atoms with van der Waals surface area (Å²) in [7, 11) is 1.89. The molecule has 2 amide bonds. The molecule has 2 saturated heterocycles. The fourth-order valence-corrected chi connectivity index (χ4v) is 4.05. The number of benzene rings is 1. The number of piperazine rings is 1. The predicted molar refractivity (Wildman–Crippen MR) is 102 cm³/mol. The Labute approximate surface area is 156 Å². The number of nitrogens with zero attached hydrogens (tertiary/aromatic N) is 3. The molecule has 0 spiro atoms. The fraction of sp³-hybridized carbons (Fsp3) is 0.600. The van der Waals surface area contributed by atoms with Gasteiger partial charge in [-0.25, -0.2) is 0 Å². The molecule has 6 nitrogen and oxygen atoms in total. The van der Waals surface area contributed by atoms with Gasteiger partial charge in [-0.3, -0.25) is 14.5 Å². The molecule has 3 rings (SSSR count). The molecule has 0 unspecified atom stereocenters. The lowest BCUT2D eigenvalue weighted by Gasteiger charge is -2.42. The van der Waals surface area contributed by atoms with Crippen molar-refractivity contribution in [1.29, 1.82) is 0 Å². The van der Waals surface area contributed by atoms with Crippen molar-refractivity contribution in [2.24, 2.45) is 5.92 Å². The Morgan fingerprint density at radius 1 is 1.27 bits per heavy atom. The number of rotatable bonds is 5. The van der Waals surface area contributed by atoms with Crippen molar-refractivity contribution in [3.05, 3.63) is 35.9 Å². The molecule has 2 atom stereocenters. The molecule has 0 radical (unpaired) electrons. The average molecular weight is 358 g/mol. The quantitative estimate of drug-likeness (QED) is 0.845. The molecule has 0 saturated carbocycles. The summed E-state index contributed by atoms with van der Waals surface area (Å²) in [6.45, 7) is 7.09. The van der Waals surface area contributed by atoms with Crippen LogP contribution in [0.4, 0.5) is 0 Å². The minimum atomic E-state index is 0.0173. The van der Waals surface area contributed by atoms with Crippen molar-refractivity contribution >= 4 is 11.8 Å². The van der Waals surface area contributed by atoms with E-state index < -0.39 is 0 Å². The minimum Gasteiger partial charge on any atom is -0.341 e. The van der Waals surface area contributed by atoms with E-state index in [0.29, 0.717) is 19.0 Å². The van der Waals surface area contributed by atoms with Crippen molar-refractivity contribution in [3.63, 3.8) is 0 Å². The SMILES string of the molecule is C[C@@H]1CN(Cc2ccccc2)CC[C@H]1N(C)C(=O)CN1CCNCC1=O. The van der Waals surface area contributed by atoms with E-state index in [1.807, 2.05) is 18.0 Å². The third-order valence-electron chi connectivity index (χ3n) is 5.60. The van der Waals surface area contributed by atoms with E-state index in [1.165, 1.54) is 5.56 Å². The number of hydrogen-bond acceptors (Lipinski definition) is 4. The molecule has 1 aromatic rings. The van der Waals surface area contributed by atoms with Crippen molar-refractivity contribution in [2.45, 2.75) is 25.9 Å². The highest BCUT2D eigenvalue weighted by molar-refractivity contribution is 5.86. The smallest absolute Gasteiger partial charge is 0.242 e. The highest BCUT2D eigenvalue weighted by Crippen LogP contribution is 2.23. The maximum atomic E-state index is 12.7. The van der Waals surface area contributed by atoms with Crippen LogP contribution in [0.2, 0.25) is 0 Å². The Bertz CT molecular complexity index is 621. The van der Waals surface area contributed by atoms with Gasteiger partial charge in [0, 0.05) is 45.8 Å². The number of nitrogens with one attached hydrogen (secondary N) is 1. The number of carbonyl (C=O) groups excluding carboxylic acids is 2. The Kier molecular flexibility index (Phi) is 6.27. The van der Waals surface area contributed by atoms with Crippen LogP contribution in [-0.4, -0.2) is 78.9 Å². The second-order valence-electron chi connectivity index (χ2n) is 7.55. The summed E-state index contributed by atoms with van der Waals surface area (Å²) in [5.41, 5.74) is 1.33. The first kappa shape index (κ1) is 18.9. The number of likely N-dealkylation sites (tertiary alicyclic amines) is 1. The Hall–Kier alpha value is -1.92. The van der Waals surface area contributed by atoms with Crippen LogP contribution in [0, 0.1) is 5.92 Å². The molecule has 2 heterocycles. The Morgan fingerprint density at radius 3 is 2.73 bits per heavy atom. The molecule has 2 aliphatic rings. The van der Waals surface area contributed by atoms with E-state index in [2.05, 4.69) is 41.4 Å². The molecule has 2 fully saturated rings. The lowest BCUT2D eigenvalue weighted by Crippen LogP contribution is -2.55. The summed E-state index contributed by atoms with van der Waals surface area (Å²) >= 11 is 0. The zero-order chi connectivity index (χ0) is 18.5. The van der Waals surface area contributed by atoms with E-state index in [9.17, 15) is 9.59 Å². The molecule has 2 aliphatic heterocycles. The first-order chi connectivity index (χ1) is 12.5. The third-order valence-corrected chi connectivity index (χ3v) is 5.60.